The van der Waals surface area contributed by atoms with E-state index in [9.17, 15) is 0 Å². The van der Waals surface area contributed by atoms with E-state index in [0.29, 0.717) is 0 Å². The summed E-state index contributed by atoms with van der Waals surface area (Å²) in [6.45, 7) is 0. The number of fused-ring (bicyclic) bond motifs is 1. The third-order valence-electron chi connectivity index (χ3n) is 4.14. The van der Waals surface area contributed by atoms with E-state index in [4.69, 9.17) is 11.6 Å². The Morgan fingerprint density at radius 2 is 1.96 bits per heavy atom. The molecule has 0 fully saturated rings. The van der Waals surface area contributed by atoms with Crippen LogP contribution in [0.4, 0.5) is 5.95 Å². The van der Waals surface area contributed by atoms with Crippen LogP contribution >= 0.6 is 27.5 Å². The van der Waals surface area contributed by atoms with Gasteiger partial charge in [-0.3, -0.25) is 0 Å². The molecule has 3 aromatic rings. The third-order valence-corrected chi connectivity index (χ3v) is 4.88. The smallest absolute Gasteiger partial charge is 0.222 e. The second kappa shape index (κ2) is 5.98. The SMILES string of the molecule is Clc1ccc([C@H]2C[C@H](c3cccc(Br)c3)Nc3ncnn32)cc1. The van der Waals surface area contributed by atoms with Crippen LogP contribution in [0.3, 0.4) is 0 Å². The van der Waals surface area contributed by atoms with E-state index in [0.717, 1.165) is 21.9 Å². The van der Waals surface area contributed by atoms with Gasteiger partial charge in [-0.25, -0.2) is 4.68 Å². The van der Waals surface area contributed by atoms with Crippen LogP contribution in [0.5, 0.6) is 0 Å². The van der Waals surface area contributed by atoms with E-state index < -0.39 is 0 Å². The lowest BCUT2D eigenvalue weighted by Gasteiger charge is -2.32. The van der Waals surface area contributed by atoms with Gasteiger partial charge in [0.1, 0.15) is 6.33 Å². The Bertz CT molecular complexity index is 831. The summed E-state index contributed by atoms with van der Waals surface area (Å²) in [5, 5.41) is 8.60. The highest BCUT2D eigenvalue weighted by Gasteiger charge is 2.29. The van der Waals surface area contributed by atoms with Crippen molar-refractivity contribution in [1.82, 2.24) is 14.8 Å². The molecule has 4 nitrogen and oxygen atoms in total. The molecule has 1 aromatic heterocycles. The van der Waals surface area contributed by atoms with Gasteiger partial charge in [-0.15, -0.1) is 0 Å². The summed E-state index contributed by atoms with van der Waals surface area (Å²) >= 11 is 9.56. The first-order valence-corrected chi connectivity index (χ1v) is 8.55. The molecule has 116 valence electrons. The molecule has 0 spiro atoms. The zero-order valence-corrected chi connectivity index (χ0v) is 14.5. The van der Waals surface area contributed by atoms with Crippen molar-refractivity contribution < 1.29 is 0 Å². The van der Waals surface area contributed by atoms with E-state index in [2.05, 4.69) is 61.7 Å². The largest absolute Gasteiger partial charge is 0.348 e. The Kier molecular flexibility index (Phi) is 3.83. The van der Waals surface area contributed by atoms with Gasteiger partial charge in [0.2, 0.25) is 5.95 Å². The van der Waals surface area contributed by atoms with E-state index >= 15 is 0 Å². The van der Waals surface area contributed by atoms with Crippen molar-refractivity contribution in [3.8, 4) is 0 Å². The first kappa shape index (κ1) is 14.7. The maximum absolute atomic E-state index is 6.02. The van der Waals surface area contributed by atoms with Crippen LogP contribution in [0.25, 0.3) is 0 Å². The van der Waals surface area contributed by atoms with Gasteiger partial charge in [0.05, 0.1) is 12.1 Å². The second-order valence-electron chi connectivity index (χ2n) is 5.58. The molecule has 1 aliphatic heterocycles. The number of nitrogens with one attached hydrogen (secondary N) is 1. The Morgan fingerprint density at radius 1 is 1.13 bits per heavy atom. The maximum Gasteiger partial charge on any atom is 0.222 e. The van der Waals surface area contributed by atoms with Crippen molar-refractivity contribution in [2.45, 2.75) is 18.5 Å². The number of benzene rings is 2. The summed E-state index contributed by atoms with van der Waals surface area (Å²) in [5.41, 5.74) is 2.41. The molecule has 1 N–H and O–H groups in total. The highest BCUT2D eigenvalue weighted by atomic mass is 79.9. The van der Waals surface area contributed by atoms with Gasteiger partial charge >= 0.3 is 0 Å². The van der Waals surface area contributed by atoms with Crippen molar-refractivity contribution in [2.75, 3.05) is 5.32 Å². The molecule has 0 unspecified atom stereocenters. The standard InChI is InChI=1S/C17H14BrClN4/c18-13-3-1-2-12(8-13)15-9-16(11-4-6-14(19)7-5-11)23-17(22-15)20-10-21-23/h1-8,10,15-16H,9H2,(H,20,21,22)/t15-,16-/m1/s1. The van der Waals surface area contributed by atoms with E-state index in [-0.39, 0.29) is 12.1 Å². The number of hydrogen-bond acceptors (Lipinski definition) is 3. The van der Waals surface area contributed by atoms with Gasteiger partial charge in [0, 0.05) is 9.50 Å². The molecule has 2 heterocycles. The number of nitrogens with zero attached hydrogens (tertiary/aromatic N) is 3. The molecule has 0 radical (unpaired) electrons. The molecule has 0 bridgehead atoms. The van der Waals surface area contributed by atoms with Crippen molar-refractivity contribution in [3.05, 3.63) is 75.5 Å². The minimum Gasteiger partial charge on any atom is -0.348 e. The van der Waals surface area contributed by atoms with Crippen LogP contribution in [-0.2, 0) is 0 Å². The zero-order chi connectivity index (χ0) is 15.8. The van der Waals surface area contributed by atoms with Gasteiger partial charge in [0.25, 0.3) is 0 Å². The van der Waals surface area contributed by atoms with Gasteiger partial charge in [-0.05, 0) is 41.8 Å². The van der Waals surface area contributed by atoms with Gasteiger partial charge in [-0.1, -0.05) is 51.8 Å². The second-order valence-corrected chi connectivity index (χ2v) is 6.94. The molecule has 2 atom stereocenters. The fourth-order valence-corrected chi connectivity index (χ4v) is 3.57. The average Bonchev–Trinajstić information content (AvgIpc) is 3.03. The Labute approximate surface area is 147 Å². The highest BCUT2D eigenvalue weighted by molar-refractivity contribution is 9.10. The fourth-order valence-electron chi connectivity index (χ4n) is 3.02. The fraction of sp³-hybridized carbons (Fsp3) is 0.176. The van der Waals surface area contributed by atoms with Gasteiger partial charge in [-0.2, -0.15) is 10.1 Å². The van der Waals surface area contributed by atoms with Crippen molar-refractivity contribution in [2.24, 2.45) is 0 Å². The van der Waals surface area contributed by atoms with Crippen LogP contribution in [0, 0.1) is 0 Å². The first-order chi connectivity index (χ1) is 11.2. The molecule has 0 aliphatic carbocycles. The molecular formula is C17H14BrClN4. The number of halogens is 2. The Hall–Kier alpha value is -1.85. The quantitative estimate of drug-likeness (QED) is 0.682. The summed E-state index contributed by atoms with van der Waals surface area (Å²) < 4.78 is 3.02. The lowest BCUT2D eigenvalue weighted by atomic mass is 9.93. The molecule has 0 amide bonds. The zero-order valence-electron chi connectivity index (χ0n) is 12.2. The Balaban J connectivity index is 1.73. The molecule has 6 heteroatoms. The minimum atomic E-state index is 0.134. The van der Waals surface area contributed by atoms with Crippen LogP contribution in [0.2, 0.25) is 5.02 Å². The summed E-state index contributed by atoms with van der Waals surface area (Å²) in [7, 11) is 0. The molecule has 1 aliphatic rings. The lowest BCUT2D eigenvalue weighted by molar-refractivity contribution is 0.431. The predicted molar refractivity (Wildman–Crippen MR) is 94.7 cm³/mol. The number of rotatable bonds is 2. The van der Waals surface area contributed by atoms with Gasteiger partial charge < -0.3 is 5.32 Å². The van der Waals surface area contributed by atoms with Crippen LogP contribution in [0.1, 0.15) is 29.6 Å². The topological polar surface area (TPSA) is 42.7 Å². The molecular weight excluding hydrogens is 376 g/mol. The minimum absolute atomic E-state index is 0.134. The Morgan fingerprint density at radius 3 is 2.74 bits per heavy atom. The summed E-state index contributed by atoms with van der Waals surface area (Å²) in [4.78, 5) is 4.35. The number of hydrogen-bond donors (Lipinski definition) is 1. The third kappa shape index (κ3) is 2.86. The normalized spacial score (nSPS) is 19.9. The van der Waals surface area contributed by atoms with E-state index in [1.54, 1.807) is 6.33 Å². The molecule has 2 aromatic carbocycles. The maximum atomic E-state index is 6.02. The van der Waals surface area contributed by atoms with E-state index in [1.165, 1.54) is 11.1 Å². The average molecular weight is 390 g/mol. The van der Waals surface area contributed by atoms with Crippen LogP contribution in [0.15, 0.2) is 59.3 Å². The summed E-state index contributed by atoms with van der Waals surface area (Å²) in [6.07, 6.45) is 2.49. The first-order valence-electron chi connectivity index (χ1n) is 7.38. The van der Waals surface area contributed by atoms with Crippen LogP contribution in [-0.4, -0.2) is 14.8 Å². The van der Waals surface area contributed by atoms with Gasteiger partial charge in [0.15, 0.2) is 0 Å². The monoisotopic (exact) mass is 388 g/mol. The molecule has 0 saturated heterocycles. The highest BCUT2D eigenvalue weighted by Crippen LogP contribution is 2.37. The van der Waals surface area contributed by atoms with E-state index in [1.807, 2.05) is 22.9 Å². The lowest BCUT2D eigenvalue weighted by Crippen LogP contribution is -2.28. The molecule has 23 heavy (non-hydrogen) atoms. The van der Waals surface area contributed by atoms with Crippen molar-refractivity contribution in [3.63, 3.8) is 0 Å². The predicted octanol–water partition coefficient (Wildman–Crippen LogP) is 4.84. The molecule has 0 saturated carbocycles. The van der Waals surface area contributed by atoms with Crippen molar-refractivity contribution in [1.29, 1.82) is 0 Å². The number of anilines is 1. The van der Waals surface area contributed by atoms with Crippen LogP contribution < -0.4 is 5.32 Å². The van der Waals surface area contributed by atoms with Crippen molar-refractivity contribution >= 4 is 33.5 Å². The molecule has 4 rings (SSSR count). The summed E-state index contributed by atoms with van der Waals surface area (Å²) in [6, 6.07) is 16.6. The summed E-state index contributed by atoms with van der Waals surface area (Å²) in [5.74, 6) is 0.793. The number of aromatic nitrogens is 3.